The first kappa shape index (κ1) is 32.2. The molecule has 2 saturated heterocycles. The van der Waals surface area contributed by atoms with Crippen molar-refractivity contribution in [2.75, 3.05) is 13.1 Å². The largest absolute Gasteiger partial charge is 0.356 e. The number of carbonyl (C=O) groups excluding carboxylic acids is 4. The molecular formula is C27H48N6O4. The molecule has 37 heavy (non-hydrogen) atoms. The lowest BCUT2D eigenvalue weighted by Gasteiger charge is -2.36. The van der Waals surface area contributed by atoms with Crippen LogP contribution in [0.15, 0.2) is 0 Å². The standard InChI is InChI=1S/C24H40N6O4.C3H8/c1-14-10-17(20(32)27-16(12-25)11-15-8-9-26-19(15)31)30(13-14)21(33)18(23(2,3)4)28-22(34)29-24(5,6)7;1-3-2/h14-18H,8-11,13H2,1-7H3,(H,26,31)(H,27,32)(H2,28,29,34);3H2,1-2H3/t14-,15?,16+,17?,18-;/m1./s1. The number of carbonyl (C=O) groups is 4. The highest BCUT2D eigenvalue weighted by Gasteiger charge is 2.44. The van der Waals surface area contributed by atoms with E-state index in [1.54, 1.807) is 0 Å². The number of hydrogen-bond donors (Lipinski definition) is 4. The van der Waals surface area contributed by atoms with E-state index in [-0.39, 0.29) is 30.1 Å². The number of nitriles is 1. The first-order valence-electron chi connectivity index (χ1n) is 13.4. The predicted molar refractivity (Wildman–Crippen MR) is 143 cm³/mol. The van der Waals surface area contributed by atoms with Crippen LogP contribution in [-0.4, -0.2) is 65.4 Å². The summed E-state index contributed by atoms with van der Waals surface area (Å²) in [5, 5.41) is 20.6. The second kappa shape index (κ2) is 13.6. The van der Waals surface area contributed by atoms with E-state index in [2.05, 4.69) is 41.2 Å². The van der Waals surface area contributed by atoms with Crippen molar-refractivity contribution in [3.05, 3.63) is 0 Å². The van der Waals surface area contributed by atoms with Gasteiger partial charge in [0, 0.05) is 24.5 Å². The molecule has 210 valence electrons. The molecular weight excluding hydrogens is 472 g/mol. The van der Waals surface area contributed by atoms with Gasteiger partial charge in [0.1, 0.15) is 18.1 Å². The lowest BCUT2D eigenvalue weighted by atomic mass is 9.85. The van der Waals surface area contributed by atoms with Gasteiger partial charge < -0.3 is 26.2 Å². The third-order valence-corrected chi connectivity index (χ3v) is 6.13. The van der Waals surface area contributed by atoms with E-state index in [1.165, 1.54) is 11.3 Å². The summed E-state index contributed by atoms with van der Waals surface area (Å²) in [4.78, 5) is 52.7. The van der Waals surface area contributed by atoms with Crippen LogP contribution in [0.25, 0.3) is 0 Å². The normalized spacial score (nSPS) is 23.1. The maximum atomic E-state index is 13.6. The smallest absolute Gasteiger partial charge is 0.315 e. The van der Waals surface area contributed by atoms with E-state index in [0.29, 0.717) is 25.9 Å². The fourth-order valence-electron chi connectivity index (χ4n) is 4.43. The number of likely N-dealkylation sites (tertiary alicyclic amines) is 1. The Balaban J connectivity index is 0.00000217. The highest BCUT2D eigenvalue weighted by molar-refractivity contribution is 5.93. The fraction of sp³-hybridized carbons (Fsp3) is 0.815. The molecule has 0 aromatic heterocycles. The van der Waals surface area contributed by atoms with E-state index in [4.69, 9.17) is 0 Å². The Morgan fingerprint density at radius 3 is 2.19 bits per heavy atom. The number of amides is 5. The molecule has 10 heteroatoms. The van der Waals surface area contributed by atoms with Crippen LogP contribution in [0.3, 0.4) is 0 Å². The van der Waals surface area contributed by atoms with E-state index in [1.807, 2.05) is 48.5 Å². The van der Waals surface area contributed by atoms with Gasteiger partial charge >= 0.3 is 6.03 Å². The van der Waals surface area contributed by atoms with Gasteiger partial charge in [-0.15, -0.1) is 0 Å². The van der Waals surface area contributed by atoms with E-state index >= 15 is 0 Å². The van der Waals surface area contributed by atoms with Gasteiger partial charge in [-0.05, 0) is 51.4 Å². The van der Waals surface area contributed by atoms with Crippen LogP contribution < -0.4 is 21.3 Å². The summed E-state index contributed by atoms with van der Waals surface area (Å²) in [5.41, 5.74) is -1.06. The Morgan fingerprint density at radius 2 is 1.73 bits per heavy atom. The Morgan fingerprint density at radius 1 is 1.14 bits per heavy atom. The second-order valence-electron chi connectivity index (χ2n) is 12.4. The molecule has 2 aliphatic heterocycles. The molecule has 0 aliphatic carbocycles. The van der Waals surface area contributed by atoms with Gasteiger partial charge in [0.25, 0.3) is 0 Å². The number of hydrogen-bond acceptors (Lipinski definition) is 5. The van der Waals surface area contributed by atoms with Gasteiger partial charge in [-0.1, -0.05) is 48.0 Å². The average molecular weight is 521 g/mol. The van der Waals surface area contributed by atoms with Gasteiger partial charge in [0.2, 0.25) is 17.7 Å². The highest BCUT2D eigenvalue weighted by Crippen LogP contribution is 2.28. The molecule has 5 atom stereocenters. The van der Waals surface area contributed by atoms with Gasteiger partial charge in [-0.3, -0.25) is 14.4 Å². The Hall–Kier alpha value is -2.83. The number of nitrogens with one attached hydrogen (secondary N) is 4. The molecule has 0 aromatic rings. The molecule has 2 aliphatic rings. The first-order chi connectivity index (χ1) is 17.0. The first-order valence-corrected chi connectivity index (χ1v) is 13.4. The summed E-state index contributed by atoms with van der Waals surface area (Å²) in [6.07, 6.45) is 2.58. The summed E-state index contributed by atoms with van der Waals surface area (Å²) in [5.74, 6) is -1.06. The Kier molecular flexibility index (Phi) is 11.9. The molecule has 0 saturated carbocycles. The zero-order valence-electron chi connectivity index (χ0n) is 24.2. The fourth-order valence-corrected chi connectivity index (χ4v) is 4.43. The van der Waals surface area contributed by atoms with Crippen molar-refractivity contribution in [2.45, 2.75) is 112 Å². The molecule has 5 amide bonds. The Bertz CT molecular complexity index is 854. The molecule has 2 unspecified atom stereocenters. The SMILES string of the molecule is CCC.C[C@@H]1CC(C(=O)N[C@H](C#N)CC2CCNC2=O)N(C(=O)[C@@H](NC(=O)NC(C)(C)C)C(C)(C)C)C1. The number of urea groups is 1. The van der Waals surface area contributed by atoms with Crippen molar-refractivity contribution in [2.24, 2.45) is 17.3 Å². The van der Waals surface area contributed by atoms with Gasteiger partial charge in [-0.25, -0.2) is 4.79 Å². The summed E-state index contributed by atoms with van der Waals surface area (Å²) in [6.45, 7) is 18.3. The Labute approximate surface area is 222 Å². The summed E-state index contributed by atoms with van der Waals surface area (Å²) >= 11 is 0. The lowest BCUT2D eigenvalue weighted by Crippen LogP contribution is -2.60. The molecule has 2 fully saturated rings. The van der Waals surface area contributed by atoms with Crippen molar-refractivity contribution < 1.29 is 19.2 Å². The summed E-state index contributed by atoms with van der Waals surface area (Å²) < 4.78 is 0. The molecule has 10 nitrogen and oxygen atoms in total. The van der Waals surface area contributed by atoms with Crippen LogP contribution in [0.5, 0.6) is 0 Å². The van der Waals surface area contributed by atoms with Gasteiger partial charge in [0.15, 0.2) is 0 Å². The maximum absolute atomic E-state index is 13.6. The second-order valence-corrected chi connectivity index (χ2v) is 12.4. The van der Waals surface area contributed by atoms with Gasteiger partial charge in [-0.2, -0.15) is 5.26 Å². The van der Waals surface area contributed by atoms with Crippen molar-refractivity contribution in [3.63, 3.8) is 0 Å². The van der Waals surface area contributed by atoms with E-state index in [9.17, 15) is 24.4 Å². The number of nitrogens with zero attached hydrogens (tertiary/aromatic N) is 2. The van der Waals surface area contributed by atoms with E-state index in [0.717, 1.165) is 0 Å². The molecule has 4 N–H and O–H groups in total. The molecule has 2 heterocycles. The van der Waals surface area contributed by atoms with Crippen LogP contribution in [-0.2, 0) is 14.4 Å². The van der Waals surface area contributed by atoms with Crippen molar-refractivity contribution in [3.8, 4) is 6.07 Å². The minimum atomic E-state index is -0.843. The molecule has 0 spiro atoms. The number of rotatable bonds is 6. The molecule has 0 bridgehead atoms. The van der Waals surface area contributed by atoms with Crippen LogP contribution >= 0.6 is 0 Å². The highest BCUT2D eigenvalue weighted by atomic mass is 16.2. The molecule has 2 rings (SSSR count). The van der Waals surface area contributed by atoms with Crippen LogP contribution in [0.4, 0.5) is 4.79 Å². The lowest BCUT2D eigenvalue weighted by molar-refractivity contribution is -0.142. The quantitative estimate of drug-likeness (QED) is 0.426. The van der Waals surface area contributed by atoms with Crippen LogP contribution in [0.1, 0.15) is 88.0 Å². The minimum Gasteiger partial charge on any atom is -0.356 e. The molecule has 0 aromatic carbocycles. The average Bonchev–Trinajstić information content (AvgIpc) is 3.34. The monoisotopic (exact) mass is 520 g/mol. The molecule has 0 radical (unpaired) electrons. The zero-order chi connectivity index (χ0) is 28.6. The van der Waals surface area contributed by atoms with Gasteiger partial charge in [0.05, 0.1) is 6.07 Å². The summed E-state index contributed by atoms with van der Waals surface area (Å²) in [7, 11) is 0. The third kappa shape index (κ3) is 10.2. The summed E-state index contributed by atoms with van der Waals surface area (Å²) in [6, 6.07) is -0.779. The third-order valence-electron chi connectivity index (χ3n) is 6.13. The predicted octanol–water partition coefficient (Wildman–Crippen LogP) is 2.69. The van der Waals surface area contributed by atoms with Crippen LogP contribution in [0.2, 0.25) is 0 Å². The van der Waals surface area contributed by atoms with Crippen molar-refractivity contribution in [1.82, 2.24) is 26.2 Å². The topological polar surface area (TPSA) is 143 Å². The van der Waals surface area contributed by atoms with Crippen molar-refractivity contribution in [1.29, 1.82) is 5.26 Å². The maximum Gasteiger partial charge on any atom is 0.315 e. The van der Waals surface area contributed by atoms with Crippen molar-refractivity contribution >= 4 is 23.8 Å². The zero-order valence-corrected chi connectivity index (χ0v) is 24.2. The van der Waals surface area contributed by atoms with Crippen LogP contribution in [0, 0.1) is 28.6 Å². The minimum absolute atomic E-state index is 0.0878. The van der Waals surface area contributed by atoms with E-state index < -0.39 is 41.0 Å².